The fraction of sp³-hybridized carbons (Fsp3) is 0.353. The van der Waals surface area contributed by atoms with Crippen LogP contribution in [0.5, 0.6) is 11.5 Å². The molecular weight excluding hydrogens is 270 g/mol. The SMILES string of the molecule is Cc1ccc(C(C)(C)C)c(Oc2ccnc(CCl)c2)c1. The van der Waals surface area contributed by atoms with Gasteiger partial charge in [0.1, 0.15) is 11.5 Å². The van der Waals surface area contributed by atoms with Crippen LogP contribution < -0.4 is 4.74 Å². The fourth-order valence-corrected chi connectivity index (χ4v) is 2.20. The quantitative estimate of drug-likeness (QED) is 0.723. The number of ether oxygens (including phenoxy) is 1. The molecule has 0 aliphatic rings. The number of hydrogen-bond donors (Lipinski definition) is 0. The van der Waals surface area contributed by atoms with Crippen molar-refractivity contribution in [2.24, 2.45) is 0 Å². The van der Waals surface area contributed by atoms with Crippen LogP contribution in [0.3, 0.4) is 0 Å². The third-order valence-corrected chi connectivity index (χ3v) is 3.37. The lowest BCUT2D eigenvalue weighted by Crippen LogP contribution is -2.12. The average Bonchev–Trinajstić information content (AvgIpc) is 2.37. The van der Waals surface area contributed by atoms with Crippen molar-refractivity contribution in [1.82, 2.24) is 4.98 Å². The van der Waals surface area contributed by atoms with E-state index in [9.17, 15) is 0 Å². The maximum absolute atomic E-state index is 6.06. The van der Waals surface area contributed by atoms with Gasteiger partial charge in [-0.15, -0.1) is 11.6 Å². The van der Waals surface area contributed by atoms with Gasteiger partial charge in [-0.2, -0.15) is 0 Å². The van der Waals surface area contributed by atoms with E-state index in [4.69, 9.17) is 16.3 Å². The van der Waals surface area contributed by atoms with Crippen molar-refractivity contribution in [2.45, 2.75) is 39.0 Å². The highest BCUT2D eigenvalue weighted by Crippen LogP contribution is 2.34. The second-order valence-electron chi connectivity index (χ2n) is 5.97. The van der Waals surface area contributed by atoms with E-state index >= 15 is 0 Å². The Morgan fingerprint density at radius 1 is 1.15 bits per heavy atom. The molecule has 0 spiro atoms. The highest BCUT2D eigenvalue weighted by molar-refractivity contribution is 6.16. The third kappa shape index (κ3) is 3.51. The summed E-state index contributed by atoms with van der Waals surface area (Å²) in [4.78, 5) is 4.18. The van der Waals surface area contributed by atoms with Crippen LogP contribution in [0.2, 0.25) is 0 Å². The van der Waals surface area contributed by atoms with Gasteiger partial charge in [0.15, 0.2) is 0 Å². The molecule has 0 bridgehead atoms. The Bertz CT molecular complexity index is 602. The van der Waals surface area contributed by atoms with Gasteiger partial charge in [0.2, 0.25) is 0 Å². The summed E-state index contributed by atoms with van der Waals surface area (Å²) >= 11 is 5.81. The lowest BCUT2D eigenvalue weighted by Gasteiger charge is -2.23. The summed E-state index contributed by atoms with van der Waals surface area (Å²) < 4.78 is 6.06. The third-order valence-electron chi connectivity index (χ3n) is 3.10. The molecule has 2 aromatic rings. The summed E-state index contributed by atoms with van der Waals surface area (Å²) in [5.74, 6) is 2.05. The second-order valence-corrected chi connectivity index (χ2v) is 6.24. The molecule has 2 rings (SSSR count). The molecule has 0 N–H and O–H groups in total. The summed E-state index contributed by atoms with van der Waals surface area (Å²) in [6.07, 6.45) is 1.72. The van der Waals surface area contributed by atoms with Gasteiger partial charge >= 0.3 is 0 Å². The molecule has 1 heterocycles. The van der Waals surface area contributed by atoms with Crippen molar-refractivity contribution in [3.05, 3.63) is 53.3 Å². The van der Waals surface area contributed by atoms with Gasteiger partial charge in [-0.25, -0.2) is 0 Å². The molecule has 0 fully saturated rings. The molecule has 0 saturated carbocycles. The first kappa shape index (κ1) is 14.9. The Morgan fingerprint density at radius 3 is 2.55 bits per heavy atom. The van der Waals surface area contributed by atoms with Crippen LogP contribution in [0, 0.1) is 6.92 Å². The van der Waals surface area contributed by atoms with Gasteiger partial charge in [-0.1, -0.05) is 32.9 Å². The number of alkyl halides is 1. The molecule has 1 aromatic heterocycles. The van der Waals surface area contributed by atoms with Crippen molar-refractivity contribution in [3.8, 4) is 11.5 Å². The fourth-order valence-electron chi connectivity index (χ4n) is 2.05. The molecule has 0 unspecified atom stereocenters. The summed E-state index contributed by atoms with van der Waals surface area (Å²) in [6.45, 7) is 8.61. The van der Waals surface area contributed by atoms with Crippen LogP contribution in [0.15, 0.2) is 36.5 Å². The number of benzene rings is 1. The van der Waals surface area contributed by atoms with Gasteiger partial charge in [-0.3, -0.25) is 4.98 Å². The van der Waals surface area contributed by atoms with Crippen LogP contribution in [0.1, 0.15) is 37.6 Å². The Balaban J connectivity index is 2.39. The van der Waals surface area contributed by atoms with Gasteiger partial charge in [-0.05, 0) is 30.0 Å². The summed E-state index contributed by atoms with van der Waals surface area (Å²) in [6, 6.07) is 10.0. The van der Waals surface area contributed by atoms with E-state index in [1.54, 1.807) is 6.20 Å². The minimum atomic E-state index is 0.0331. The van der Waals surface area contributed by atoms with E-state index in [1.165, 1.54) is 11.1 Å². The van der Waals surface area contributed by atoms with E-state index in [1.807, 2.05) is 12.1 Å². The summed E-state index contributed by atoms with van der Waals surface area (Å²) in [5.41, 5.74) is 3.21. The molecule has 106 valence electrons. The minimum Gasteiger partial charge on any atom is -0.457 e. The van der Waals surface area contributed by atoms with E-state index in [2.05, 4.69) is 50.9 Å². The molecule has 3 heteroatoms. The number of aryl methyl sites for hydroxylation is 1. The maximum atomic E-state index is 6.06. The van der Waals surface area contributed by atoms with Crippen LogP contribution in [0.4, 0.5) is 0 Å². The first-order valence-corrected chi connectivity index (χ1v) is 7.23. The summed E-state index contributed by atoms with van der Waals surface area (Å²) in [7, 11) is 0. The largest absolute Gasteiger partial charge is 0.457 e. The first-order valence-electron chi connectivity index (χ1n) is 6.70. The Morgan fingerprint density at radius 2 is 1.90 bits per heavy atom. The first-order chi connectivity index (χ1) is 9.40. The monoisotopic (exact) mass is 289 g/mol. The minimum absolute atomic E-state index is 0.0331. The van der Waals surface area contributed by atoms with Crippen molar-refractivity contribution in [3.63, 3.8) is 0 Å². The predicted octanol–water partition coefficient (Wildman–Crippen LogP) is 5.22. The molecule has 0 atom stereocenters. The van der Waals surface area contributed by atoms with Gasteiger partial charge in [0.05, 0.1) is 11.6 Å². The van der Waals surface area contributed by atoms with Crippen molar-refractivity contribution in [1.29, 1.82) is 0 Å². The standard InChI is InChI=1S/C17H20ClNO/c1-12-5-6-15(17(2,3)4)16(9-12)20-14-7-8-19-13(10-14)11-18/h5-10H,11H2,1-4H3. The van der Waals surface area contributed by atoms with E-state index < -0.39 is 0 Å². The topological polar surface area (TPSA) is 22.1 Å². The molecule has 2 nitrogen and oxygen atoms in total. The van der Waals surface area contributed by atoms with Crippen molar-refractivity contribution in [2.75, 3.05) is 0 Å². The Labute approximate surface area is 125 Å². The van der Waals surface area contributed by atoms with Gasteiger partial charge in [0, 0.05) is 17.8 Å². The van der Waals surface area contributed by atoms with Crippen molar-refractivity contribution >= 4 is 11.6 Å². The molecular formula is C17H20ClNO. The lowest BCUT2D eigenvalue weighted by atomic mass is 9.86. The number of halogens is 1. The van der Waals surface area contributed by atoms with E-state index in [0.29, 0.717) is 5.88 Å². The predicted molar refractivity (Wildman–Crippen MR) is 83.7 cm³/mol. The molecule has 0 radical (unpaired) electrons. The number of rotatable bonds is 3. The highest BCUT2D eigenvalue weighted by atomic mass is 35.5. The average molecular weight is 290 g/mol. The highest BCUT2D eigenvalue weighted by Gasteiger charge is 2.19. The molecule has 0 aliphatic heterocycles. The molecule has 0 saturated heterocycles. The van der Waals surface area contributed by atoms with Gasteiger partial charge < -0.3 is 4.74 Å². The number of pyridine rings is 1. The zero-order chi connectivity index (χ0) is 14.8. The number of hydrogen-bond acceptors (Lipinski definition) is 2. The van der Waals surface area contributed by atoms with Crippen LogP contribution in [0.25, 0.3) is 0 Å². The number of aromatic nitrogens is 1. The maximum Gasteiger partial charge on any atom is 0.131 e. The van der Waals surface area contributed by atoms with Crippen LogP contribution in [-0.2, 0) is 11.3 Å². The van der Waals surface area contributed by atoms with E-state index in [0.717, 1.165) is 17.2 Å². The second kappa shape index (κ2) is 5.84. The Hall–Kier alpha value is -1.54. The zero-order valence-electron chi connectivity index (χ0n) is 12.4. The molecule has 1 aromatic carbocycles. The smallest absolute Gasteiger partial charge is 0.131 e. The van der Waals surface area contributed by atoms with Crippen LogP contribution in [-0.4, -0.2) is 4.98 Å². The molecule has 0 amide bonds. The molecule has 0 aliphatic carbocycles. The number of nitrogens with zero attached hydrogens (tertiary/aromatic N) is 1. The lowest BCUT2D eigenvalue weighted by molar-refractivity contribution is 0.454. The van der Waals surface area contributed by atoms with Crippen molar-refractivity contribution < 1.29 is 4.74 Å². The van der Waals surface area contributed by atoms with Crippen LogP contribution >= 0.6 is 11.6 Å². The summed E-state index contributed by atoms with van der Waals surface area (Å²) in [5, 5.41) is 0. The van der Waals surface area contributed by atoms with E-state index in [-0.39, 0.29) is 5.41 Å². The molecule has 20 heavy (non-hydrogen) atoms. The Kier molecular flexibility index (Phi) is 4.34. The van der Waals surface area contributed by atoms with Gasteiger partial charge in [0.25, 0.3) is 0 Å². The normalized spacial score (nSPS) is 11.4. The zero-order valence-corrected chi connectivity index (χ0v) is 13.2.